The van der Waals surface area contributed by atoms with Gasteiger partial charge in [-0.2, -0.15) is 0 Å². The molecule has 1 nitrogen and oxygen atoms in total. The van der Waals surface area contributed by atoms with E-state index in [4.69, 9.17) is 11.6 Å². The van der Waals surface area contributed by atoms with E-state index < -0.39 is 0 Å². The predicted octanol–water partition coefficient (Wildman–Crippen LogP) is 4.82. The first-order chi connectivity index (χ1) is 9.28. The Hall–Kier alpha value is -0.530. The number of hydrogen-bond acceptors (Lipinski definition) is 1. The number of nitrogens with one attached hydrogen (secondary N) is 1. The van der Waals surface area contributed by atoms with Crippen LogP contribution in [0.15, 0.2) is 24.3 Å². The Morgan fingerprint density at radius 3 is 2.58 bits per heavy atom. The average Bonchev–Trinajstić information content (AvgIpc) is 3.04. The summed E-state index contributed by atoms with van der Waals surface area (Å²) in [5.41, 5.74) is 1.43. The van der Waals surface area contributed by atoms with Crippen molar-refractivity contribution in [3.05, 3.63) is 34.9 Å². The second-order valence-corrected chi connectivity index (χ2v) is 6.76. The fourth-order valence-electron chi connectivity index (χ4n) is 4.19. The minimum absolute atomic E-state index is 0.535. The van der Waals surface area contributed by atoms with E-state index in [1.54, 1.807) is 0 Å². The normalized spacial score (nSPS) is 30.7. The zero-order chi connectivity index (χ0) is 13.2. The summed E-state index contributed by atoms with van der Waals surface area (Å²) in [5.74, 6) is 2.80. The lowest BCUT2D eigenvalue weighted by atomic mass is 9.80. The molecular weight excluding hydrogens is 254 g/mol. The van der Waals surface area contributed by atoms with Gasteiger partial charge in [0.15, 0.2) is 0 Å². The Bertz CT molecular complexity index is 414. The molecule has 1 N–H and O–H groups in total. The molecule has 1 aromatic carbocycles. The van der Waals surface area contributed by atoms with Crippen molar-refractivity contribution in [3.8, 4) is 0 Å². The molecule has 3 rings (SSSR count). The largest absolute Gasteiger partial charge is 0.310 e. The molecule has 0 spiro atoms. The molecule has 2 aliphatic carbocycles. The third kappa shape index (κ3) is 2.83. The molecule has 0 aromatic heterocycles. The first-order valence-electron chi connectivity index (χ1n) is 7.76. The second kappa shape index (κ2) is 5.85. The van der Waals surface area contributed by atoms with Gasteiger partial charge >= 0.3 is 0 Å². The Morgan fingerprint density at radius 2 is 2.00 bits per heavy atom. The van der Waals surface area contributed by atoms with Crippen molar-refractivity contribution in [2.45, 2.75) is 45.1 Å². The maximum Gasteiger partial charge on any atom is 0.0406 e. The van der Waals surface area contributed by atoms with Crippen molar-refractivity contribution in [1.82, 2.24) is 5.32 Å². The van der Waals surface area contributed by atoms with Crippen LogP contribution < -0.4 is 5.32 Å². The predicted molar refractivity (Wildman–Crippen MR) is 81.4 cm³/mol. The van der Waals surface area contributed by atoms with Crippen molar-refractivity contribution in [3.63, 3.8) is 0 Å². The molecular formula is C17H24ClN. The van der Waals surface area contributed by atoms with Crippen LogP contribution in [-0.4, -0.2) is 6.54 Å². The highest BCUT2D eigenvalue weighted by atomic mass is 35.5. The molecule has 0 aliphatic heterocycles. The lowest BCUT2D eigenvalue weighted by Gasteiger charge is -2.32. The molecule has 2 fully saturated rings. The summed E-state index contributed by atoms with van der Waals surface area (Å²) in [6.07, 6.45) is 7.03. The van der Waals surface area contributed by atoms with Gasteiger partial charge in [0.05, 0.1) is 0 Å². The highest BCUT2D eigenvalue weighted by Gasteiger charge is 2.43. The van der Waals surface area contributed by atoms with Crippen molar-refractivity contribution in [2.75, 3.05) is 6.54 Å². The quantitative estimate of drug-likeness (QED) is 0.814. The first kappa shape index (κ1) is 13.5. The molecule has 0 heterocycles. The van der Waals surface area contributed by atoms with E-state index in [2.05, 4.69) is 24.4 Å². The molecule has 2 bridgehead atoms. The van der Waals surface area contributed by atoms with Gasteiger partial charge in [-0.3, -0.25) is 0 Å². The molecule has 4 unspecified atom stereocenters. The number of benzene rings is 1. The number of rotatable bonds is 5. The summed E-state index contributed by atoms with van der Waals surface area (Å²) in [5, 5.41) is 4.63. The van der Waals surface area contributed by atoms with E-state index >= 15 is 0 Å². The zero-order valence-corrected chi connectivity index (χ0v) is 12.5. The molecule has 104 valence electrons. The van der Waals surface area contributed by atoms with Crippen LogP contribution in [0, 0.1) is 17.8 Å². The Kier molecular flexibility index (Phi) is 4.14. The van der Waals surface area contributed by atoms with Crippen molar-refractivity contribution >= 4 is 11.6 Å². The molecule has 19 heavy (non-hydrogen) atoms. The summed E-state index contributed by atoms with van der Waals surface area (Å²) in [6, 6.07) is 9.02. The molecule has 0 amide bonds. The smallest absolute Gasteiger partial charge is 0.0406 e. The lowest BCUT2D eigenvalue weighted by molar-refractivity contribution is 0.251. The summed E-state index contributed by atoms with van der Waals surface area (Å²) < 4.78 is 0. The summed E-state index contributed by atoms with van der Waals surface area (Å²) in [6.45, 7) is 3.36. The number of halogens is 1. The van der Waals surface area contributed by atoms with Crippen LogP contribution >= 0.6 is 11.6 Å². The molecule has 2 saturated carbocycles. The van der Waals surface area contributed by atoms with Gasteiger partial charge in [-0.05, 0) is 67.7 Å². The van der Waals surface area contributed by atoms with Gasteiger partial charge in [-0.1, -0.05) is 37.1 Å². The second-order valence-electron chi connectivity index (χ2n) is 6.32. The molecule has 1 aromatic rings. The van der Waals surface area contributed by atoms with Crippen LogP contribution in [0.2, 0.25) is 5.02 Å². The van der Waals surface area contributed by atoms with Crippen LogP contribution in [0.3, 0.4) is 0 Å². The van der Waals surface area contributed by atoms with E-state index in [1.807, 2.05) is 12.1 Å². The third-order valence-corrected chi connectivity index (χ3v) is 5.32. The zero-order valence-electron chi connectivity index (χ0n) is 11.7. The van der Waals surface area contributed by atoms with Gasteiger partial charge in [0, 0.05) is 11.1 Å². The number of fused-ring (bicyclic) bond motifs is 2. The Labute approximate surface area is 121 Å². The molecule has 2 aliphatic rings. The number of hydrogen-bond donors (Lipinski definition) is 1. The topological polar surface area (TPSA) is 12.0 Å². The van der Waals surface area contributed by atoms with Gasteiger partial charge < -0.3 is 5.32 Å². The fraction of sp³-hybridized carbons (Fsp3) is 0.647. The van der Waals surface area contributed by atoms with E-state index in [0.717, 1.165) is 29.3 Å². The van der Waals surface area contributed by atoms with Crippen LogP contribution in [-0.2, 0) is 0 Å². The van der Waals surface area contributed by atoms with E-state index in [1.165, 1.54) is 37.7 Å². The molecule has 0 saturated heterocycles. The van der Waals surface area contributed by atoms with Crippen molar-refractivity contribution < 1.29 is 0 Å². The lowest BCUT2D eigenvalue weighted by Crippen LogP contribution is -2.31. The monoisotopic (exact) mass is 277 g/mol. The van der Waals surface area contributed by atoms with Gasteiger partial charge in [-0.25, -0.2) is 0 Å². The minimum atomic E-state index is 0.535. The first-order valence-corrected chi connectivity index (χ1v) is 8.14. The summed E-state index contributed by atoms with van der Waals surface area (Å²) in [7, 11) is 0. The summed E-state index contributed by atoms with van der Waals surface area (Å²) >= 11 is 6.02. The van der Waals surface area contributed by atoms with Crippen molar-refractivity contribution in [1.29, 1.82) is 0 Å². The average molecular weight is 278 g/mol. The van der Waals surface area contributed by atoms with Gasteiger partial charge in [0.2, 0.25) is 0 Å². The van der Waals surface area contributed by atoms with E-state index in [9.17, 15) is 0 Å². The Morgan fingerprint density at radius 1 is 1.21 bits per heavy atom. The SMILES string of the molecule is CCCNC(c1ccc(Cl)cc1)C1CC2CCC1C2. The fourth-order valence-corrected chi connectivity index (χ4v) is 4.31. The van der Waals surface area contributed by atoms with Crippen LogP contribution in [0.25, 0.3) is 0 Å². The van der Waals surface area contributed by atoms with E-state index in [-0.39, 0.29) is 0 Å². The van der Waals surface area contributed by atoms with Gasteiger partial charge in [0.25, 0.3) is 0 Å². The third-order valence-electron chi connectivity index (χ3n) is 5.06. The standard InChI is InChI=1S/C17H24ClN/c1-2-9-19-17(13-5-7-15(18)8-6-13)16-11-12-3-4-14(16)10-12/h5-8,12,14,16-17,19H,2-4,9-11H2,1H3. The van der Waals surface area contributed by atoms with E-state index in [0.29, 0.717) is 6.04 Å². The summed E-state index contributed by atoms with van der Waals surface area (Å²) in [4.78, 5) is 0. The highest BCUT2D eigenvalue weighted by Crippen LogP contribution is 2.52. The van der Waals surface area contributed by atoms with Crippen LogP contribution in [0.1, 0.15) is 50.6 Å². The van der Waals surface area contributed by atoms with Crippen LogP contribution in [0.5, 0.6) is 0 Å². The Balaban J connectivity index is 1.79. The molecule has 2 heteroatoms. The van der Waals surface area contributed by atoms with Gasteiger partial charge in [-0.15, -0.1) is 0 Å². The molecule has 4 atom stereocenters. The van der Waals surface area contributed by atoms with Crippen molar-refractivity contribution in [2.24, 2.45) is 17.8 Å². The maximum absolute atomic E-state index is 6.02. The maximum atomic E-state index is 6.02. The van der Waals surface area contributed by atoms with Crippen LogP contribution in [0.4, 0.5) is 0 Å². The minimum Gasteiger partial charge on any atom is -0.310 e. The highest BCUT2D eigenvalue weighted by molar-refractivity contribution is 6.30. The molecule has 0 radical (unpaired) electrons. The van der Waals surface area contributed by atoms with Gasteiger partial charge in [0.1, 0.15) is 0 Å².